The molecule has 0 unspecified atom stereocenters. The molecule has 2 nitrogen and oxygen atoms in total. The van der Waals surface area contributed by atoms with E-state index in [1.54, 1.807) is 0 Å². The zero-order valence-electron chi connectivity index (χ0n) is 15.0. The van der Waals surface area contributed by atoms with Crippen molar-refractivity contribution in [1.82, 2.24) is 0 Å². The Bertz CT molecular complexity index is 949. The molecule has 3 aromatic carbocycles. The summed E-state index contributed by atoms with van der Waals surface area (Å²) in [6, 6.07) is 25.6. The number of ether oxygens (including phenoxy) is 1. The quantitative estimate of drug-likeness (QED) is 0.615. The van der Waals surface area contributed by atoms with E-state index in [4.69, 9.17) is 11.2 Å². The summed E-state index contributed by atoms with van der Waals surface area (Å²) >= 11 is 0. The normalized spacial score (nSPS) is 14.1. The van der Waals surface area contributed by atoms with Gasteiger partial charge in [-0.15, -0.1) is 6.42 Å². The molecular formula is C25H20O2. The van der Waals surface area contributed by atoms with E-state index < -0.39 is 0 Å². The number of carbonyl (C=O) groups is 1. The summed E-state index contributed by atoms with van der Waals surface area (Å²) in [5, 5.41) is 0. The van der Waals surface area contributed by atoms with Gasteiger partial charge in [-0.05, 0) is 16.7 Å². The molecule has 0 N–H and O–H groups in total. The Morgan fingerprint density at radius 1 is 0.852 bits per heavy atom. The first kappa shape index (κ1) is 17.3. The first-order valence-corrected chi connectivity index (χ1v) is 9.10. The van der Waals surface area contributed by atoms with Crippen molar-refractivity contribution in [3.8, 4) is 12.3 Å². The van der Waals surface area contributed by atoms with Crippen molar-refractivity contribution >= 4 is 5.78 Å². The van der Waals surface area contributed by atoms with E-state index in [2.05, 4.69) is 5.92 Å². The third kappa shape index (κ3) is 3.30. The third-order valence-electron chi connectivity index (χ3n) is 5.11. The highest BCUT2D eigenvalue weighted by atomic mass is 16.5. The number of ketones is 1. The zero-order valence-corrected chi connectivity index (χ0v) is 15.0. The van der Waals surface area contributed by atoms with Gasteiger partial charge >= 0.3 is 0 Å². The Kier molecular flexibility index (Phi) is 4.87. The first-order valence-electron chi connectivity index (χ1n) is 9.10. The van der Waals surface area contributed by atoms with Crippen LogP contribution in [-0.2, 0) is 11.3 Å². The number of hydrogen-bond donors (Lipinski definition) is 0. The molecular weight excluding hydrogens is 332 g/mol. The molecule has 0 radical (unpaired) electrons. The predicted molar refractivity (Wildman–Crippen MR) is 107 cm³/mol. The van der Waals surface area contributed by atoms with Crippen molar-refractivity contribution in [2.75, 3.05) is 6.61 Å². The maximum atomic E-state index is 12.9. The second-order valence-corrected chi connectivity index (χ2v) is 6.76. The lowest BCUT2D eigenvalue weighted by molar-refractivity contribution is 0.0954. The van der Waals surface area contributed by atoms with Crippen molar-refractivity contribution in [2.45, 2.75) is 12.5 Å². The molecule has 0 aromatic heterocycles. The minimum atomic E-state index is -0.149. The number of terminal acetylenes is 1. The average molecular weight is 352 g/mol. The fraction of sp³-hybridized carbons (Fsp3) is 0.160. The van der Waals surface area contributed by atoms with Crippen LogP contribution >= 0.6 is 0 Å². The van der Waals surface area contributed by atoms with Crippen molar-refractivity contribution in [3.05, 3.63) is 107 Å². The molecule has 0 spiro atoms. The summed E-state index contributed by atoms with van der Waals surface area (Å²) in [5.74, 6) is 2.79. The van der Waals surface area contributed by atoms with Crippen LogP contribution in [0.5, 0.6) is 0 Å². The van der Waals surface area contributed by atoms with Crippen LogP contribution in [-0.4, -0.2) is 12.4 Å². The Hall–Kier alpha value is -3.15. The highest BCUT2D eigenvalue weighted by Crippen LogP contribution is 2.41. The van der Waals surface area contributed by atoms with Gasteiger partial charge in [0.2, 0.25) is 0 Å². The van der Waals surface area contributed by atoms with Gasteiger partial charge in [0, 0.05) is 17.0 Å². The number of hydrogen-bond acceptors (Lipinski definition) is 2. The molecule has 0 fully saturated rings. The van der Waals surface area contributed by atoms with Crippen molar-refractivity contribution in [1.29, 1.82) is 0 Å². The van der Waals surface area contributed by atoms with Crippen molar-refractivity contribution in [2.24, 2.45) is 5.92 Å². The van der Waals surface area contributed by atoms with Gasteiger partial charge in [-0.25, -0.2) is 0 Å². The summed E-state index contributed by atoms with van der Waals surface area (Å²) in [6.07, 6.45) is 5.92. The predicted octanol–water partition coefficient (Wildman–Crippen LogP) is 4.83. The van der Waals surface area contributed by atoms with Gasteiger partial charge in [-0.1, -0.05) is 84.8 Å². The Balaban J connectivity index is 1.64. The van der Waals surface area contributed by atoms with Crippen LogP contribution in [0.4, 0.5) is 0 Å². The number of benzene rings is 3. The maximum absolute atomic E-state index is 12.9. The van der Waals surface area contributed by atoms with Gasteiger partial charge < -0.3 is 4.74 Å². The van der Waals surface area contributed by atoms with Crippen LogP contribution in [0.1, 0.15) is 38.5 Å². The SMILES string of the molecule is C#C[C@@H](COCc1ccccc1)C1c2ccccc2C(=O)c2ccccc21. The van der Waals surface area contributed by atoms with Crippen molar-refractivity contribution < 1.29 is 9.53 Å². The molecule has 3 aromatic rings. The van der Waals surface area contributed by atoms with Crippen molar-refractivity contribution in [3.63, 3.8) is 0 Å². The van der Waals surface area contributed by atoms with E-state index in [0.29, 0.717) is 13.2 Å². The fourth-order valence-corrected chi connectivity index (χ4v) is 3.81. The van der Waals surface area contributed by atoms with E-state index in [1.807, 2.05) is 78.9 Å². The van der Waals surface area contributed by atoms with Gasteiger partial charge in [0.1, 0.15) is 0 Å². The second kappa shape index (κ2) is 7.61. The highest BCUT2D eigenvalue weighted by molar-refractivity contribution is 6.12. The molecule has 0 aliphatic heterocycles. The van der Waals surface area contributed by atoms with Crippen LogP contribution in [0.3, 0.4) is 0 Å². The topological polar surface area (TPSA) is 26.3 Å². The first-order chi connectivity index (χ1) is 13.3. The molecule has 1 aliphatic rings. The molecule has 0 saturated carbocycles. The highest BCUT2D eigenvalue weighted by Gasteiger charge is 2.34. The molecule has 0 bridgehead atoms. The van der Waals surface area contributed by atoms with Gasteiger partial charge in [0.25, 0.3) is 0 Å². The molecule has 0 heterocycles. The van der Waals surface area contributed by atoms with Gasteiger partial charge in [-0.3, -0.25) is 4.79 Å². The average Bonchev–Trinajstić information content (AvgIpc) is 2.73. The lowest BCUT2D eigenvalue weighted by Gasteiger charge is -2.31. The second-order valence-electron chi connectivity index (χ2n) is 6.76. The molecule has 0 amide bonds. The molecule has 2 heteroatoms. The minimum absolute atomic E-state index is 0.0455. The molecule has 27 heavy (non-hydrogen) atoms. The van der Waals surface area contributed by atoms with Crippen LogP contribution in [0.2, 0.25) is 0 Å². The number of fused-ring (bicyclic) bond motifs is 2. The standard InChI is InChI=1S/C25H20O2/c1-2-19(17-27-16-18-10-4-3-5-11-18)24-20-12-6-8-14-22(20)25(26)23-15-9-7-13-21(23)24/h1,3-15,19,24H,16-17H2/t19-/m0/s1. The van der Waals surface area contributed by atoms with E-state index in [0.717, 1.165) is 27.8 Å². The van der Waals surface area contributed by atoms with Crippen LogP contribution in [0, 0.1) is 18.3 Å². The monoisotopic (exact) mass is 352 g/mol. The van der Waals surface area contributed by atoms with Crippen LogP contribution < -0.4 is 0 Å². The summed E-state index contributed by atoms with van der Waals surface area (Å²) in [4.78, 5) is 12.9. The van der Waals surface area contributed by atoms with Gasteiger partial charge in [-0.2, -0.15) is 0 Å². The Labute approximate surface area is 159 Å². The number of carbonyl (C=O) groups excluding carboxylic acids is 1. The summed E-state index contributed by atoms with van der Waals surface area (Å²) in [6.45, 7) is 0.959. The largest absolute Gasteiger partial charge is 0.375 e. The number of rotatable bonds is 5. The smallest absolute Gasteiger partial charge is 0.193 e. The van der Waals surface area contributed by atoms with Gasteiger partial charge in [0.05, 0.1) is 19.1 Å². The molecule has 4 rings (SSSR count). The molecule has 1 atom stereocenters. The fourth-order valence-electron chi connectivity index (χ4n) is 3.81. The van der Waals surface area contributed by atoms with Crippen LogP contribution in [0.15, 0.2) is 78.9 Å². The lowest BCUT2D eigenvalue weighted by Crippen LogP contribution is -2.26. The summed E-state index contributed by atoms with van der Waals surface area (Å²) in [7, 11) is 0. The minimum Gasteiger partial charge on any atom is -0.375 e. The van der Waals surface area contributed by atoms with E-state index in [1.165, 1.54) is 0 Å². The molecule has 1 aliphatic carbocycles. The van der Waals surface area contributed by atoms with Gasteiger partial charge in [0.15, 0.2) is 5.78 Å². The third-order valence-corrected chi connectivity index (χ3v) is 5.11. The Morgan fingerprint density at radius 2 is 1.41 bits per heavy atom. The van der Waals surface area contributed by atoms with E-state index in [9.17, 15) is 4.79 Å². The molecule has 132 valence electrons. The van der Waals surface area contributed by atoms with Crippen LogP contribution in [0.25, 0.3) is 0 Å². The summed E-state index contributed by atoms with van der Waals surface area (Å²) < 4.78 is 5.96. The zero-order chi connectivity index (χ0) is 18.6. The summed E-state index contributed by atoms with van der Waals surface area (Å²) in [5.41, 5.74) is 4.59. The molecule has 0 saturated heterocycles. The maximum Gasteiger partial charge on any atom is 0.193 e. The lowest BCUT2D eigenvalue weighted by atomic mass is 9.72. The van der Waals surface area contributed by atoms with E-state index >= 15 is 0 Å². The Morgan fingerprint density at radius 3 is 2.00 bits per heavy atom. The van der Waals surface area contributed by atoms with E-state index in [-0.39, 0.29) is 17.6 Å².